The van der Waals surface area contributed by atoms with Gasteiger partial charge in [-0.3, -0.25) is 0 Å². The standard InChI is InChI=1S/C23H22F4NO4.BrH/c1-28(2)18-9-17(10-19(28)21-20(18)32-21)31-22(29)23(30,11-3-13(24)7-14(25)4-11)12-5-15(26)8-16(27)6-12;/h3-8,17-21,30H,9-10H2,1-2H3;1H/q+1;/p-1/t17?,18-,19?,20+,21?;/m0./s1. The smallest absolute Gasteiger partial charge is 0.347 e. The number of benzene rings is 2. The Morgan fingerprint density at radius 2 is 1.30 bits per heavy atom. The molecule has 3 fully saturated rings. The molecule has 0 spiro atoms. The van der Waals surface area contributed by atoms with Crippen LogP contribution < -0.4 is 17.0 Å². The molecule has 0 amide bonds. The van der Waals surface area contributed by atoms with E-state index in [1.165, 1.54) is 0 Å². The van der Waals surface area contributed by atoms with Crippen molar-refractivity contribution in [3.05, 3.63) is 70.8 Å². The summed E-state index contributed by atoms with van der Waals surface area (Å²) in [5.41, 5.74) is -3.86. The van der Waals surface area contributed by atoms with Crippen LogP contribution >= 0.6 is 0 Å². The molecule has 5 nitrogen and oxygen atoms in total. The average Bonchev–Trinajstić information content (AvgIpc) is 3.44. The van der Waals surface area contributed by atoms with Gasteiger partial charge in [0.05, 0.1) is 14.1 Å². The highest BCUT2D eigenvalue weighted by atomic mass is 79.9. The molecule has 3 heterocycles. The third kappa shape index (κ3) is 3.86. The first-order valence-electron chi connectivity index (χ1n) is 10.4. The van der Waals surface area contributed by atoms with Crippen LogP contribution in [0.25, 0.3) is 0 Å². The summed E-state index contributed by atoms with van der Waals surface area (Å²) in [5.74, 6) is -5.49. The van der Waals surface area contributed by atoms with Gasteiger partial charge in [0, 0.05) is 36.1 Å². The second-order valence-electron chi connectivity index (χ2n) is 9.35. The zero-order chi connectivity index (χ0) is 23.0. The quantitative estimate of drug-likeness (QED) is 0.256. The fraction of sp³-hybridized carbons (Fsp3) is 0.435. The number of carbonyl (C=O) groups excluding carboxylic acids is 1. The van der Waals surface area contributed by atoms with Crippen LogP contribution in [0.2, 0.25) is 0 Å². The number of likely N-dealkylation sites (N-methyl/N-ethyl adjacent to an activating group) is 1. The summed E-state index contributed by atoms with van der Waals surface area (Å²) < 4.78 is 67.8. The number of halogens is 5. The first-order chi connectivity index (χ1) is 15.0. The first-order valence-corrected chi connectivity index (χ1v) is 10.4. The van der Waals surface area contributed by atoms with E-state index >= 15 is 0 Å². The Kier molecular flexibility index (Phi) is 5.88. The molecule has 3 saturated heterocycles. The summed E-state index contributed by atoms with van der Waals surface area (Å²) in [6, 6.07) is 4.27. The van der Waals surface area contributed by atoms with Crippen molar-refractivity contribution in [2.24, 2.45) is 0 Å². The molecule has 2 bridgehead atoms. The largest absolute Gasteiger partial charge is 1.00 e. The molecular formula is C23H22BrF4NO4. The number of esters is 1. The molecule has 0 aliphatic carbocycles. The maximum atomic E-state index is 13.9. The number of hydrogen-bond donors (Lipinski definition) is 1. The Bertz CT molecular complexity index is 1000. The van der Waals surface area contributed by atoms with Gasteiger partial charge in [0.15, 0.2) is 0 Å². The number of hydrogen-bond acceptors (Lipinski definition) is 4. The van der Waals surface area contributed by atoms with Crippen molar-refractivity contribution in [3.8, 4) is 0 Å². The molecule has 2 aromatic carbocycles. The van der Waals surface area contributed by atoms with Gasteiger partial charge in [-0.25, -0.2) is 22.4 Å². The van der Waals surface area contributed by atoms with Crippen molar-refractivity contribution in [3.63, 3.8) is 0 Å². The van der Waals surface area contributed by atoms with Crippen molar-refractivity contribution in [2.45, 2.75) is 48.8 Å². The van der Waals surface area contributed by atoms with E-state index in [0.717, 1.165) is 28.7 Å². The van der Waals surface area contributed by atoms with Crippen LogP contribution in [0, 0.1) is 23.3 Å². The van der Waals surface area contributed by atoms with Gasteiger partial charge in [-0.1, -0.05) is 0 Å². The molecule has 3 aliphatic heterocycles. The number of fused-ring (bicyclic) bond motifs is 5. The lowest BCUT2D eigenvalue weighted by atomic mass is 9.85. The Hall–Kier alpha value is -2.01. The molecule has 10 heteroatoms. The molecule has 2 aromatic rings. The molecule has 3 aliphatic rings. The number of ether oxygens (including phenoxy) is 2. The third-order valence-electron chi connectivity index (χ3n) is 7.17. The fourth-order valence-electron chi connectivity index (χ4n) is 5.47. The second kappa shape index (κ2) is 8.04. The lowest BCUT2D eigenvalue weighted by Gasteiger charge is -2.45. The number of rotatable bonds is 4. The van der Waals surface area contributed by atoms with E-state index in [1.807, 2.05) is 0 Å². The first kappa shape index (κ1) is 24.1. The van der Waals surface area contributed by atoms with E-state index in [1.54, 1.807) is 0 Å². The van der Waals surface area contributed by atoms with Gasteiger partial charge in [-0.2, -0.15) is 0 Å². The van der Waals surface area contributed by atoms with Crippen LogP contribution in [0.3, 0.4) is 0 Å². The van der Waals surface area contributed by atoms with Gasteiger partial charge in [0.2, 0.25) is 5.60 Å². The van der Waals surface area contributed by atoms with E-state index in [-0.39, 0.29) is 41.3 Å². The number of quaternary nitrogens is 1. The second-order valence-corrected chi connectivity index (χ2v) is 9.35. The van der Waals surface area contributed by atoms with Gasteiger partial charge in [0.1, 0.15) is 53.7 Å². The van der Waals surface area contributed by atoms with Crippen LogP contribution in [0.5, 0.6) is 0 Å². The average molecular weight is 532 g/mol. The van der Waals surface area contributed by atoms with Crippen LogP contribution in [0.4, 0.5) is 17.6 Å². The molecule has 1 N–H and O–H groups in total. The topological polar surface area (TPSA) is 59.1 Å². The van der Waals surface area contributed by atoms with E-state index in [2.05, 4.69) is 14.1 Å². The summed E-state index contributed by atoms with van der Waals surface area (Å²) in [7, 11) is 4.18. The number of morpholine rings is 1. The number of piperidine rings is 1. The molecule has 33 heavy (non-hydrogen) atoms. The Morgan fingerprint density at radius 1 is 0.909 bits per heavy atom. The van der Waals surface area contributed by atoms with E-state index < -0.39 is 52.1 Å². The molecule has 5 rings (SSSR count). The molecule has 0 radical (unpaired) electrons. The molecular weight excluding hydrogens is 510 g/mol. The lowest BCUT2D eigenvalue weighted by molar-refractivity contribution is -0.938. The van der Waals surface area contributed by atoms with Gasteiger partial charge < -0.3 is 36.0 Å². The van der Waals surface area contributed by atoms with Crippen molar-refractivity contribution in [1.82, 2.24) is 0 Å². The third-order valence-corrected chi connectivity index (χ3v) is 7.17. The normalized spacial score (nSPS) is 29.1. The van der Waals surface area contributed by atoms with Crippen LogP contribution in [0.1, 0.15) is 24.0 Å². The van der Waals surface area contributed by atoms with Gasteiger partial charge in [-0.05, 0) is 24.3 Å². The minimum Gasteiger partial charge on any atom is -1.00 e. The molecule has 178 valence electrons. The van der Waals surface area contributed by atoms with E-state index in [4.69, 9.17) is 9.47 Å². The number of epoxide rings is 1. The SMILES string of the molecule is C[N+]1(C)C2CC(OC(=O)C(O)(c3cc(F)cc(F)c3)c3cc(F)cc(F)c3)C[C@H]1[C@H]1OC21.[Br-]. The summed E-state index contributed by atoms with van der Waals surface area (Å²) in [5, 5.41) is 11.4. The highest BCUT2D eigenvalue weighted by Gasteiger charge is 2.71. The predicted octanol–water partition coefficient (Wildman–Crippen LogP) is -0.217. The lowest BCUT2D eigenvalue weighted by Crippen LogP contribution is -3.00. The molecule has 0 aromatic heterocycles. The summed E-state index contributed by atoms with van der Waals surface area (Å²) in [6.45, 7) is 0. The van der Waals surface area contributed by atoms with Crippen LogP contribution in [-0.2, 0) is 19.9 Å². The van der Waals surface area contributed by atoms with Crippen molar-refractivity contribution in [1.29, 1.82) is 0 Å². The number of carbonyl (C=O) groups is 1. The van der Waals surface area contributed by atoms with E-state index in [0.29, 0.717) is 25.0 Å². The Morgan fingerprint density at radius 3 is 1.70 bits per heavy atom. The van der Waals surface area contributed by atoms with Gasteiger partial charge >= 0.3 is 5.97 Å². The summed E-state index contributed by atoms with van der Waals surface area (Å²) in [6.07, 6.45) is 0.547. The van der Waals surface area contributed by atoms with Crippen LogP contribution in [0.15, 0.2) is 36.4 Å². The summed E-state index contributed by atoms with van der Waals surface area (Å²) in [4.78, 5) is 13.3. The van der Waals surface area contributed by atoms with Gasteiger partial charge in [-0.15, -0.1) is 0 Å². The monoisotopic (exact) mass is 531 g/mol. The maximum absolute atomic E-state index is 13.9. The fourth-order valence-corrected chi connectivity index (χ4v) is 5.47. The summed E-state index contributed by atoms with van der Waals surface area (Å²) >= 11 is 0. The highest BCUT2D eigenvalue weighted by molar-refractivity contribution is 5.85. The zero-order valence-electron chi connectivity index (χ0n) is 17.8. The van der Waals surface area contributed by atoms with Gasteiger partial charge in [0.25, 0.3) is 0 Å². The van der Waals surface area contributed by atoms with E-state index in [9.17, 15) is 27.5 Å². The molecule has 3 unspecified atom stereocenters. The minimum absolute atomic E-state index is 0. The molecule has 5 atom stereocenters. The predicted molar refractivity (Wildman–Crippen MR) is 103 cm³/mol. The number of nitrogens with zero attached hydrogens (tertiary/aromatic N) is 1. The maximum Gasteiger partial charge on any atom is 0.347 e. The van der Waals surface area contributed by atoms with Crippen molar-refractivity contribution >= 4 is 5.97 Å². The van der Waals surface area contributed by atoms with Crippen LogP contribution in [-0.4, -0.2) is 60.0 Å². The Balaban J connectivity index is 0.00000259. The zero-order valence-corrected chi connectivity index (χ0v) is 19.4. The highest BCUT2D eigenvalue weighted by Crippen LogP contribution is 2.52. The molecule has 0 saturated carbocycles. The van der Waals surface area contributed by atoms with Crippen molar-refractivity contribution in [2.75, 3.05) is 14.1 Å². The Labute approximate surface area is 198 Å². The van der Waals surface area contributed by atoms with Crippen molar-refractivity contribution < 1.29 is 58.4 Å². The number of aliphatic hydroxyl groups is 1. The minimum atomic E-state index is -2.81.